The molecular formula is C14H9FN2O2S. The Balaban J connectivity index is 2.26. The van der Waals surface area contributed by atoms with Crippen molar-refractivity contribution in [1.82, 2.24) is 9.97 Å². The van der Waals surface area contributed by atoms with Crippen molar-refractivity contribution in [3.63, 3.8) is 0 Å². The molecule has 0 aliphatic carbocycles. The van der Waals surface area contributed by atoms with Gasteiger partial charge in [-0.15, -0.1) is 11.3 Å². The van der Waals surface area contributed by atoms with E-state index in [0.717, 1.165) is 5.56 Å². The van der Waals surface area contributed by atoms with Crippen LogP contribution in [0.5, 0.6) is 0 Å². The second kappa shape index (κ2) is 4.57. The van der Waals surface area contributed by atoms with E-state index in [9.17, 15) is 14.3 Å². The molecule has 2 N–H and O–H groups in total. The van der Waals surface area contributed by atoms with E-state index in [1.807, 2.05) is 0 Å². The Kier molecular flexibility index (Phi) is 2.87. The van der Waals surface area contributed by atoms with Gasteiger partial charge >= 0.3 is 0 Å². The first-order valence-electron chi connectivity index (χ1n) is 5.72. The number of thiophene rings is 1. The van der Waals surface area contributed by atoms with E-state index >= 15 is 0 Å². The average molecular weight is 288 g/mol. The standard InChI is InChI=1S/C14H9FN2O2S/c1-7(18)12-16-13(19)11-10(6-20-14(11)17-12)8-2-4-9(15)5-3-8/h2-6,18H,1H2,(H,16,17,19). The lowest BCUT2D eigenvalue weighted by molar-refractivity contribution is 0.507. The zero-order chi connectivity index (χ0) is 14.3. The van der Waals surface area contributed by atoms with Gasteiger partial charge in [-0.2, -0.15) is 0 Å². The molecule has 0 bridgehead atoms. The van der Waals surface area contributed by atoms with Crippen LogP contribution in [0.1, 0.15) is 5.82 Å². The van der Waals surface area contributed by atoms with Gasteiger partial charge in [0.05, 0.1) is 5.39 Å². The molecule has 0 aliphatic rings. The third-order valence-electron chi connectivity index (χ3n) is 2.87. The first kappa shape index (κ1) is 12.6. The number of aromatic nitrogens is 2. The van der Waals surface area contributed by atoms with Gasteiger partial charge in [0.2, 0.25) is 0 Å². The molecular weight excluding hydrogens is 279 g/mol. The number of hydrogen-bond acceptors (Lipinski definition) is 4. The van der Waals surface area contributed by atoms with Crippen LogP contribution in [0.25, 0.3) is 27.1 Å². The fourth-order valence-electron chi connectivity index (χ4n) is 1.93. The zero-order valence-corrected chi connectivity index (χ0v) is 11.0. The van der Waals surface area contributed by atoms with Gasteiger partial charge in [0, 0.05) is 10.9 Å². The first-order chi connectivity index (χ1) is 9.56. The molecule has 0 fully saturated rings. The van der Waals surface area contributed by atoms with Crippen LogP contribution in [0, 0.1) is 5.82 Å². The number of rotatable bonds is 2. The van der Waals surface area contributed by atoms with Crippen molar-refractivity contribution in [2.45, 2.75) is 0 Å². The van der Waals surface area contributed by atoms with Crippen LogP contribution in [0.2, 0.25) is 0 Å². The molecule has 6 heteroatoms. The van der Waals surface area contributed by atoms with Crippen molar-refractivity contribution >= 4 is 27.3 Å². The van der Waals surface area contributed by atoms with Crippen molar-refractivity contribution < 1.29 is 9.50 Å². The van der Waals surface area contributed by atoms with Gasteiger partial charge in [-0.1, -0.05) is 18.7 Å². The van der Waals surface area contributed by atoms with Crippen LogP contribution in [-0.4, -0.2) is 15.1 Å². The molecule has 100 valence electrons. The van der Waals surface area contributed by atoms with E-state index in [0.29, 0.717) is 15.8 Å². The van der Waals surface area contributed by atoms with Gasteiger partial charge in [0.1, 0.15) is 10.6 Å². The van der Waals surface area contributed by atoms with E-state index in [1.54, 1.807) is 17.5 Å². The Hall–Kier alpha value is -2.47. The maximum absolute atomic E-state index is 12.9. The van der Waals surface area contributed by atoms with Gasteiger partial charge in [-0.25, -0.2) is 9.37 Å². The van der Waals surface area contributed by atoms with Crippen molar-refractivity contribution in [2.75, 3.05) is 0 Å². The molecule has 1 aromatic carbocycles. The Morgan fingerprint density at radius 3 is 2.70 bits per heavy atom. The number of aromatic amines is 1. The number of hydrogen-bond donors (Lipinski definition) is 2. The summed E-state index contributed by atoms with van der Waals surface area (Å²) in [5.74, 6) is -0.574. The summed E-state index contributed by atoms with van der Waals surface area (Å²) < 4.78 is 12.9. The van der Waals surface area contributed by atoms with Crippen LogP contribution in [-0.2, 0) is 0 Å². The summed E-state index contributed by atoms with van der Waals surface area (Å²) >= 11 is 1.28. The second-order valence-electron chi connectivity index (χ2n) is 4.20. The predicted molar refractivity (Wildman–Crippen MR) is 77.3 cm³/mol. The topological polar surface area (TPSA) is 66.0 Å². The third kappa shape index (κ3) is 2.00. The number of halogens is 1. The lowest BCUT2D eigenvalue weighted by atomic mass is 10.1. The summed E-state index contributed by atoms with van der Waals surface area (Å²) in [6.45, 7) is 3.33. The molecule has 2 aromatic heterocycles. The van der Waals surface area contributed by atoms with Crippen molar-refractivity contribution in [3.05, 3.63) is 58.2 Å². The SMILES string of the molecule is C=C(O)c1nc2scc(-c3ccc(F)cc3)c2c(=O)[nH]1. The molecule has 0 amide bonds. The molecule has 3 aromatic rings. The Bertz CT molecular complexity index is 865. The first-order valence-corrected chi connectivity index (χ1v) is 6.60. The molecule has 0 saturated carbocycles. The summed E-state index contributed by atoms with van der Waals surface area (Å²) in [4.78, 5) is 19.2. The van der Waals surface area contributed by atoms with Gasteiger partial charge < -0.3 is 10.1 Å². The van der Waals surface area contributed by atoms with E-state index in [1.165, 1.54) is 23.5 Å². The van der Waals surface area contributed by atoms with Crippen LogP contribution < -0.4 is 5.56 Å². The molecule has 0 unspecified atom stereocenters. The highest BCUT2D eigenvalue weighted by Crippen LogP contribution is 2.30. The van der Waals surface area contributed by atoms with E-state index < -0.39 is 0 Å². The van der Waals surface area contributed by atoms with Crippen LogP contribution in [0.3, 0.4) is 0 Å². The van der Waals surface area contributed by atoms with E-state index in [-0.39, 0.29) is 23.0 Å². The minimum atomic E-state index is -0.360. The fourth-order valence-corrected chi connectivity index (χ4v) is 2.88. The molecule has 0 spiro atoms. The number of nitrogens with zero attached hydrogens (tertiary/aromatic N) is 1. The molecule has 3 rings (SSSR count). The minimum absolute atomic E-state index is 0.0509. The van der Waals surface area contributed by atoms with Crippen molar-refractivity contribution in [1.29, 1.82) is 0 Å². The summed E-state index contributed by atoms with van der Waals surface area (Å²) in [5, 5.41) is 11.5. The third-order valence-corrected chi connectivity index (χ3v) is 3.74. The smallest absolute Gasteiger partial charge is 0.260 e. The summed E-state index contributed by atoms with van der Waals surface area (Å²) in [5.41, 5.74) is 1.06. The fraction of sp³-hybridized carbons (Fsp3) is 0. The molecule has 0 aliphatic heterocycles. The van der Waals surface area contributed by atoms with Gasteiger partial charge in [-0.05, 0) is 17.7 Å². The maximum atomic E-state index is 12.9. The van der Waals surface area contributed by atoms with E-state index in [4.69, 9.17) is 0 Å². The Morgan fingerprint density at radius 1 is 1.35 bits per heavy atom. The molecule has 20 heavy (non-hydrogen) atoms. The number of aliphatic hydroxyl groups excluding tert-OH is 1. The lowest BCUT2D eigenvalue weighted by Crippen LogP contribution is -2.10. The zero-order valence-electron chi connectivity index (χ0n) is 10.2. The molecule has 0 radical (unpaired) electrons. The molecule has 4 nitrogen and oxygen atoms in total. The number of H-pyrrole nitrogens is 1. The van der Waals surface area contributed by atoms with Gasteiger partial charge in [-0.3, -0.25) is 4.79 Å². The number of aliphatic hydroxyl groups is 1. The largest absolute Gasteiger partial charge is 0.505 e. The van der Waals surface area contributed by atoms with E-state index in [2.05, 4.69) is 16.5 Å². The highest BCUT2D eigenvalue weighted by Gasteiger charge is 2.13. The molecule has 0 atom stereocenters. The molecule has 2 heterocycles. The van der Waals surface area contributed by atoms with Gasteiger partial charge in [0.25, 0.3) is 5.56 Å². The molecule has 0 saturated heterocycles. The quantitative estimate of drug-likeness (QED) is 0.711. The normalized spacial score (nSPS) is 10.8. The van der Waals surface area contributed by atoms with Crippen LogP contribution >= 0.6 is 11.3 Å². The summed E-state index contributed by atoms with van der Waals surface area (Å²) in [7, 11) is 0. The van der Waals surface area contributed by atoms with Crippen molar-refractivity contribution in [3.8, 4) is 11.1 Å². The highest BCUT2D eigenvalue weighted by atomic mass is 32.1. The monoisotopic (exact) mass is 288 g/mol. The predicted octanol–water partition coefficient (Wildman–Crippen LogP) is 3.32. The van der Waals surface area contributed by atoms with Crippen molar-refractivity contribution in [2.24, 2.45) is 0 Å². The Labute approximate surface area is 116 Å². The van der Waals surface area contributed by atoms with Gasteiger partial charge in [0.15, 0.2) is 11.6 Å². The summed E-state index contributed by atoms with van der Waals surface area (Å²) in [6.07, 6.45) is 0. The number of fused-ring (bicyclic) bond motifs is 1. The number of nitrogens with one attached hydrogen (secondary N) is 1. The number of benzene rings is 1. The average Bonchev–Trinajstić information content (AvgIpc) is 2.84. The lowest BCUT2D eigenvalue weighted by Gasteiger charge is -2.01. The van der Waals surface area contributed by atoms with Crippen LogP contribution in [0.4, 0.5) is 4.39 Å². The highest BCUT2D eigenvalue weighted by molar-refractivity contribution is 7.17. The van der Waals surface area contributed by atoms with Crippen LogP contribution in [0.15, 0.2) is 41.0 Å². The minimum Gasteiger partial charge on any atom is -0.505 e. The second-order valence-corrected chi connectivity index (χ2v) is 5.06. The Morgan fingerprint density at radius 2 is 2.05 bits per heavy atom. The maximum Gasteiger partial charge on any atom is 0.260 e. The summed E-state index contributed by atoms with van der Waals surface area (Å²) in [6, 6.07) is 5.89.